The van der Waals surface area contributed by atoms with E-state index in [0.717, 1.165) is 19.5 Å². The Morgan fingerprint density at radius 2 is 2.04 bits per heavy atom. The maximum absolute atomic E-state index is 13.1. The van der Waals surface area contributed by atoms with Crippen molar-refractivity contribution in [3.05, 3.63) is 35.9 Å². The van der Waals surface area contributed by atoms with Crippen molar-refractivity contribution in [3.8, 4) is 0 Å². The van der Waals surface area contributed by atoms with Gasteiger partial charge in [-0.3, -0.25) is 9.69 Å². The number of hydrogen-bond donors (Lipinski definition) is 1. The fraction of sp³-hybridized carbons (Fsp3) is 0.650. The van der Waals surface area contributed by atoms with Crippen LogP contribution in [0.4, 0.5) is 0 Å². The molecule has 2 heterocycles. The van der Waals surface area contributed by atoms with Gasteiger partial charge in [-0.2, -0.15) is 0 Å². The lowest BCUT2D eigenvalue weighted by molar-refractivity contribution is -0.158. The lowest BCUT2D eigenvalue weighted by Gasteiger charge is -2.45. The number of aliphatic hydroxyl groups is 1. The van der Waals surface area contributed by atoms with Crippen LogP contribution >= 0.6 is 0 Å². The highest BCUT2D eigenvalue weighted by atomic mass is 16.5. The number of morpholine rings is 1. The average Bonchev–Trinajstić information content (AvgIpc) is 2.61. The first kappa shape index (κ1) is 18.4. The molecule has 0 radical (unpaired) electrons. The summed E-state index contributed by atoms with van der Waals surface area (Å²) in [5.41, 5.74) is 1.26. The first-order chi connectivity index (χ1) is 12.1. The van der Waals surface area contributed by atoms with Crippen LogP contribution in [0.2, 0.25) is 0 Å². The molecule has 3 rings (SSSR count). The summed E-state index contributed by atoms with van der Waals surface area (Å²) in [6, 6.07) is 10.5. The predicted molar refractivity (Wildman–Crippen MR) is 97.1 cm³/mol. The lowest BCUT2D eigenvalue weighted by atomic mass is 9.91. The second-order valence-corrected chi connectivity index (χ2v) is 7.36. The Kier molecular flexibility index (Phi) is 6.10. The quantitative estimate of drug-likeness (QED) is 0.906. The van der Waals surface area contributed by atoms with E-state index in [0.29, 0.717) is 26.0 Å². The molecule has 1 aromatic carbocycles. The summed E-state index contributed by atoms with van der Waals surface area (Å²) in [5.74, 6) is 0.0870. The Balaban J connectivity index is 1.64. The Hall–Kier alpha value is -1.43. The molecule has 0 aliphatic carbocycles. The fourth-order valence-electron chi connectivity index (χ4n) is 4.16. The molecule has 2 saturated heterocycles. The molecule has 0 bridgehead atoms. The van der Waals surface area contributed by atoms with Gasteiger partial charge in [0.15, 0.2) is 0 Å². The number of carbonyl (C=O) groups is 1. The van der Waals surface area contributed by atoms with E-state index in [2.05, 4.69) is 24.0 Å². The van der Waals surface area contributed by atoms with E-state index >= 15 is 0 Å². The van der Waals surface area contributed by atoms with Crippen LogP contribution in [0, 0.1) is 0 Å². The minimum absolute atomic E-state index is 0.0642. The van der Waals surface area contributed by atoms with Crippen molar-refractivity contribution in [3.63, 3.8) is 0 Å². The number of nitrogens with zero attached hydrogens (tertiary/aromatic N) is 2. The zero-order valence-electron chi connectivity index (χ0n) is 15.3. The minimum Gasteiger partial charge on any atom is -0.393 e. The highest BCUT2D eigenvalue weighted by Crippen LogP contribution is 2.27. The molecule has 0 spiro atoms. The van der Waals surface area contributed by atoms with Gasteiger partial charge in [0, 0.05) is 31.7 Å². The van der Waals surface area contributed by atoms with Crippen molar-refractivity contribution in [1.29, 1.82) is 0 Å². The smallest absolute Gasteiger partial charge is 0.253 e. The number of aliphatic hydroxyl groups excluding tert-OH is 1. The summed E-state index contributed by atoms with van der Waals surface area (Å²) < 4.78 is 5.83. The van der Waals surface area contributed by atoms with Crippen LogP contribution in [0.15, 0.2) is 30.3 Å². The van der Waals surface area contributed by atoms with Crippen molar-refractivity contribution in [2.75, 3.05) is 19.7 Å². The van der Waals surface area contributed by atoms with E-state index in [1.807, 2.05) is 30.0 Å². The number of likely N-dealkylation sites (tertiary alicyclic amines) is 1. The zero-order valence-corrected chi connectivity index (χ0v) is 15.3. The summed E-state index contributed by atoms with van der Waals surface area (Å²) in [6.45, 7) is 7.04. The molecular formula is C20H30N2O3. The normalized spacial score (nSPS) is 31.1. The first-order valence-electron chi connectivity index (χ1n) is 9.46. The zero-order chi connectivity index (χ0) is 17.8. The van der Waals surface area contributed by atoms with Gasteiger partial charge in [0.05, 0.1) is 12.7 Å². The van der Waals surface area contributed by atoms with Gasteiger partial charge in [-0.25, -0.2) is 0 Å². The Bertz CT molecular complexity index is 565. The predicted octanol–water partition coefficient (Wildman–Crippen LogP) is 2.04. The van der Waals surface area contributed by atoms with Crippen LogP contribution in [-0.2, 0) is 16.1 Å². The first-order valence-corrected chi connectivity index (χ1v) is 9.46. The molecule has 1 N–H and O–H groups in total. The molecule has 25 heavy (non-hydrogen) atoms. The van der Waals surface area contributed by atoms with E-state index in [1.54, 1.807) is 0 Å². The number of piperidine rings is 1. The van der Waals surface area contributed by atoms with Gasteiger partial charge in [-0.05, 0) is 31.7 Å². The summed E-state index contributed by atoms with van der Waals surface area (Å²) in [4.78, 5) is 17.4. The number of carbonyl (C=O) groups excluding carboxylic acids is 1. The molecule has 2 aliphatic rings. The van der Waals surface area contributed by atoms with Crippen molar-refractivity contribution in [2.45, 2.75) is 63.9 Å². The average molecular weight is 346 g/mol. The third kappa shape index (κ3) is 4.40. The lowest BCUT2D eigenvalue weighted by Crippen LogP contribution is -2.58. The highest BCUT2D eigenvalue weighted by molar-refractivity contribution is 5.82. The van der Waals surface area contributed by atoms with E-state index in [9.17, 15) is 9.90 Å². The fourth-order valence-corrected chi connectivity index (χ4v) is 4.16. The molecule has 5 nitrogen and oxygen atoms in total. The van der Waals surface area contributed by atoms with E-state index in [1.165, 1.54) is 5.56 Å². The minimum atomic E-state index is -0.399. The maximum Gasteiger partial charge on any atom is 0.253 e. The molecular weight excluding hydrogens is 316 g/mol. The van der Waals surface area contributed by atoms with E-state index in [-0.39, 0.29) is 24.1 Å². The van der Waals surface area contributed by atoms with Crippen molar-refractivity contribution < 1.29 is 14.6 Å². The number of amides is 1. The van der Waals surface area contributed by atoms with Gasteiger partial charge in [-0.15, -0.1) is 0 Å². The second-order valence-electron chi connectivity index (χ2n) is 7.36. The highest BCUT2D eigenvalue weighted by Gasteiger charge is 2.39. The third-order valence-corrected chi connectivity index (χ3v) is 5.43. The number of hydrogen-bond acceptors (Lipinski definition) is 4. The topological polar surface area (TPSA) is 53.0 Å². The largest absolute Gasteiger partial charge is 0.393 e. The molecule has 4 atom stereocenters. The van der Waals surface area contributed by atoms with Crippen molar-refractivity contribution in [2.24, 2.45) is 0 Å². The SMILES string of the molecule is CCC1CC(O)CC(C)N1C(=O)C1CN(Cc2ccccc2)CCO1. The molecule has 1 aromatic rings. The van der Waals surface area contributed by atoms with Gasteiger partial charge < -0.3 is 14.7 Å². The molecule has 1 amide bonds. The maximum atomic E-state index is 13.1. The Labute approximate surface area is 150 Å². The Morgan fingerprint density at radius 3 is 2.76 bits per heavy atom. The standard InChI is InChI=1S/C20H30N2O3/c1-3-17-12-18(23)11-15(2)22(17)20(24)19-14-21(9-10-25-19)13-16-7-5-4-6-8-16/h4-8,15,17-19,23H,3,9-14H2,1-2H3. The summed E-state index contributed by atoms with van der Waals surface area (Å²) in [7, 11) is 0. The summed E-state index contributed by atoms with van der Waals surface area (Å²) >= 11 is 0. The van der Waals surface area contributed by atoms with Gasteiger partial charge in [0.2, 0.25) is 0 Å². The van der Waals surface area contributed by atoms with Crippen LogP contribution in [0.1, 0.15) is 38.7 Å². The monoisotopic (exact) mass is 346 g/mol. The molecule has 2 aliphatic heterocycles. The number of ether oxygens (including phenoxy) is 1. The second kappa shape index (κ2) is 8.30. The summed E-state index contributed by atoms with van der Waals surface area (Å²) in [6.07, 6.45) is 1.50. The van der Waals surface area contributed by atoms with Crippen LogP contribution in [0.3, 0.4) is 0 Å². The molecule has 0 aromatic heterocycles. The van der Waals surface area contributed by atoms with E-state index < -0.39 is 6.10 Å². The van der Waals surface area contributed by atoms with Gasteiger partial charge in [-0.1, -0.05) is 37.3 Å². The van der Waals surface area contributed by atoms with Crippen LogP contribution in [0.25, 0.3) is 0 Å². The van der Waals surface area contributed by atoms with Crippen molar-refractivity contribution >= 4 is 5.91 Å². The molecule has 2 fully saturated rings. The van der Waals surface area contributed by atoms with Crippen molar-refractivity contribution in [1.82, 2.24) is 9.80 Å². The number of benzene rings is 1. The molecule has 5 heteroatoms. The van der Waals surface area contributed by atoms with Crippen LogP contribution in [0.5, 0.6) is 0 Å². The van der Waals surface area contributed by atoms with E-state index in [4.69, 9.17) is 4.74 Å². The van der Waals surface area contributed by atoms with Gasteiger partial charge in [0.1, 0.15) is 6.10 Å². The van der Waals surface area contributed by atoms with Gasteiger partial charge in [0.25, 0.3) is 5.91 Å². The number of rotatable bonds is 4. The third-order valence-electron chi connectivity index (χ3n) is 5.43. The van der Waals surface area contributed by atoms with Crippen LogP contribution < -0.4 is 0 Å². The van der Waals surface area contributed by atoms with Gasteiger partial charge >= 0.3 is 0 Å². The summed E-state index contributed by atoms with van der Waals surface area (Å²) in [5, 5.41) is 10.0. The molecule has 4 unspecified atom stereocenters. The molecule has 138 valence electrons. The molecule has 0 saturated carbocycles. The van der Waals surface area contributed by atoms with Crippen LogP contribution in [-0.4, -0.2) is 64.8 Å². The Morgan fingerprint density at radius 1 is 1.28 bits per heavy atom.